The van der Waals surface area contributed by atoms with Crippen LogP contribution in [0, 0.1) is 0 Å². The van der Waals surface area contributed by atoms with E-state index < -0.39 is 5.60 Å². The topological polar surface area (TPSA) is 38.3 Å². The second kappa shape index (κ2) is 6.53. The number of carbonyl (C=O) groups excluding carboxylic acids is 1. The van der Waals surface area contributed by atoms with Crippen LogP contribution in [0.15, 0.2) is 28.7 Å². The second-order valence-corrected chi connectivity index (χ2v) is 6.61. The summed E-state index contributed by atoms with van der Waals surface area (Å²) in [6, 6.07) is 7.80. The van der Waals surface area contributed by atoms with Gasteiger partial charge in [0.1, 0.15) is 11.6 Å². The van der Waals surface area contributed by atoms with Crippen molar-refractivity contribution < 1.29 is 9.53 Å². The molecule has 0 heterocycles. The molecular formula is C15H22BrNO2. The van der Waals surface area contributed by atoms with Gasteiger partial charge in [0, 0.05) is 10.5 Å². The van der Waals surface area contributed by atoms with Crippen molar-refractivity contribution in [1.82, 2.24) is 5.32 Å². The molecule has 2 atom stereocenters. The highest BCUT2D eigenvalue weighted by molar-refractivity contribution is 9.10. The van der Waals surface area contributed by atoms with Crippen LogP contribution in [0.1, 0.15) is 46.2 Å². The fourth-order valence-corrected chi connectivity index (χ4v) is 1.95. The van der Waals surface area contributed by atoms with Crippen molar-refractivity contribution in [2.75, 3.05) is 0 Å². The predicted molar refractivity (Wildman–Crippen MR) is 81.0 cm³/mol. The van der Waals surface area contributed by atoms with Crippen LogP contribution in [-0.2, 0) is 9.53 Å². The second-order valence-electron chi connectivity index (χ2n) is 5.70. The van der Waals surface area contributed by atoms with Crippen molar-refractivity contribution >= 4 is 21.9 Å². The molecule has 0 aliphatic heterocycles. The first-order chi connectivity index (χ1) is 8.69. The molecule has 1 rings (SSSR count). The molecule has 19 heavy (non-hydrogen) atoms. The van der Waals surface area contributed by atoms with E-state index in [9.17, 15) is 4.79 Å². The minimum atomic E-state index is -0.451. The first kappa shape index (κ1) is 16.2. The maximum Gasteiger partial charge on any atom is 0.323 e. The molecule has 0 fully saturated rings. The van der Waals surface area contributed by atoms with E-state index in [0.29, 0.717) is 0 Å². The number of hydrogen-bond acceptors (Lipinski definition) is 3. The van der Waals surface area contributed by atoms with E-state index in [-0.39, 0.29) is 18.1 Å². The Labute approximate surface area is 123 Å². The lowest BCUT2D eigenvalue weighted by Gasteiger charge is -2.24. The smallest absolute Gasteiger partial charge is 0.323 e. The first-order valence-electron chi connectivity index (χ1n) is 6.43. The molecule has 2 unspecified atom stereocenters. The van der Waals surface area contributed by atoms with Crippen molar-refractivity contribution in [3.8, 4) is 0 Å². The summed E-state index contributed by atoms with van der Waals surface area (Å²) in [5, 5.41) is 3.25. The molecule has 0 amide bonds. The highest BCUT2D eigenvalue weighted by atomic mass is 79.9. The quantitative estimate of drug-likeness (QED) is 0.854. The van der Waals surface area contributed by atoms with E-state index in [1.807, 2.05) is 58.9 Å². The zero-order valence-electron chi connectivity index (χ0n) is 12.2. The standard InChI is InChI=1S/C15H22BrNO2/c1-10(12-6-8-13(16)9-7-12)17-11(2)14(18)19-15(3,4)5/h6-11,17H,1-5H3. The van der Waals surface area contributed by atoms with Gasteiger partial charge in [-0.1, -0.05) is 28.1 Å². The SMILES string of the molecule is CC(NC(C)c1ccc(Br)cc1)C(=O)OC(C)(C)C. The average molecular weight is 328 g/mol. The lowest BCUT2D eigenvalue weighted by molar-refractivity contribution is -0.157. The van der Waals surface area contributed by atoms with Crippen molar-refractivity contribution in [2.24, 2.45) is 0 Å². The number of nitrogens with one attached hydrogen (secondary N) is 1. The number of ether oxygens (including phenoxy) is 1. The summed E-state index contributed by atoms with van der Waals surface area (Å²) in [6.07, 6.45) is 0. The molecule has 0 aliphatic carbocycles. The maximum absolute atomic E-state index is 11.9. The Hall–Kier alpha value is -0.870. The number of esters is 1. The van der Waals surface area contributed by atoms with Crippen molar-refractivity contribution in [1.29, 1.82) is 0 Å². The van der Waals surface area contributed by atoms with Crippen LogP contribution in [0.25, 0.3) is 0 Å². The molecule has 3 nitrogen and oxygen atoms in total. The summed E-state index contributed by atoms with van der Waals surface area (Å²) in [6.45, 7) is 9.47. The summed E-state index contributed by atoms with van der Waals surface area (Å²) in [7, 11) is 0. The van der Waals surface area contributed by atoms with Crippen LogP contribution in [-0.4, -0.2) is 17.6 Å². The van der Waals surface area contributed by atoms with Gasteiger partial charge in [-0.25, -0.2) is 0 Å². The van der Waals surface area contributed by atoms with Crippen LogP contribution in [0.4, 0.5) is 0 Å². The Balaban J connectivity index is 2.59. The van der Waals surface area contributed by atoms with Crippen molar-refractivity contribution in [3.63, 3.8) is 0 Å². The summed E-state index contributed by atoms with van der Waals surface area (Å²) >= 11 is 3.41. The lowest BCUT2D eigenvalue weighted by Crippen LogP contribution is -2.40. The average Bonchev–Trinajstić information content (AvgIpc) is 2.27. The molecule has 0 bridgehead atoms. The summed E-state index contributed by atoms with van der Waals surface area (Å²) in [5.74, 6) is -0.225. The zero-order valence-corrected chi connectivity index (χ0v) is 13.7. The van der Waals surface area contributed by atoms with Gasteiger partial charge in [0.2, 0.25) is 0 Å². The Morgan fingerprint density at radius 2 is 1.74 bits per heavy atom. The van der Waals surface area contributed by atoms with Gasteiger partial charge >= 0.3 is 5.97 Å². The first-order valence-corrected chi connectivity index (χ1v) is 7.23. The lowest BCUT2D eigenvalue weighted by atomic mass is 10.1. The summed E-state index contributed by atoms with van der Waals surface area (Å²) < 4.78 is 6.39. The Kier molecular flexibility index (Phi) is 5.56. The molecule has 0 aliphatic rings. The summed E-state index contributed by atoms with van der Waals surface area (Å²) in [5.41, 5.74) is 0.687. The zero-order chi connectivity index (χ0) is 14.6. The van der Waals surface area contributed by atoms with Crippen LogP contribution in [0.5, 0.6) is 0 Å². The minimum Gasteiger partial charge on any atom is -0.459 e. The van der Waals surface area contributed by atoms with Gasteiger partial charge in [0.15, 0.2) is 0 Å². The maximum atomic E-state index is 11.9. The molecule has 106 valence electrons. The Morgan fingerprint density at radius 3 is 2.21 bits per heavy atom. The number of hydrogen-bond donors (Lipinski definition) is 1. The van der Waals surface area contributed by atoms with Gasteiger partial charge in [-0.2, -0.15) is 0 Å². The van der Waals surface area contributed by atoms with E-state index in [2.05, 4.69) is 21.2 Å². The van der Waals surface area contributed by atoms with Crippen molar-refractivity contribution in [3.05, 3.63) is 34.3 Å². The van der Waals surface area contributed by atoms with E-state index in [1.165, 1.54) is 0 Å². The van der Waals surface area contributed by atoms with E-state index >= 15 is 0 Å². The fraction of sp³-hybridized carbons (Fsp3) is 0.533. The van der Waals surface area contributed by atoms with Crippen LogP contribution in [0.2, 0.25) is 0 Å². The third-order valence-electron chi connectivity index (χ3n) is 2.63. The van der Waals surface area contributed by atoms with Gasteiger partial charge in [-0.15, -0.1) is 0 Å². The van der Waals surface area contributed by atoms with Crippen LogP contribution < -0.4 is 5.32 Å². The molecule has 0 aromatic heterocycles. The van der Waals surface area contributed by atoms with E-state index in [4.69, 9.17) is 4.74 Å². The van der Waals surface area contributed by atoms with Gasteiger partial charge in [-0.3, -0.25) is 10.1 Å². The monoisotopic (exact) mass is 327 g/mol. The van der Waals surface area contributed by atoms with Crippen LogP contribution >= 0.6 is 15.9 Å². The fourth-order valence-electron chi connectivity index (χ4n) is 1.68. The number of rotatable bonds is 4. The number of benzene rings is 1. The molecule has 0 saturated heterocycles. The predicted octanol–water partition coefficient (Wildman–Crippen LogP) is 3.83. The van der Waals surface area contributed by atoms with E-state index in [1.54, 1.807) is 0 Å². The molecule has 0 saturated carbocycles. The minimum absolute atomic E-state index is 0.0932. The summed E-state index contributed by atoms with van der Waals surface area (Å²) in [4.78, 5) is 11.9. The van der Waals surface area contributed by atoms with E-state index in [0.717, 1.165) is 10.0 Å². The molecule has 4 heteroatoms. The number of halogens is 1. The normalized spacial score (nSPS) is 14.8. The molecule has 1 aromatic rings. The highest BCUT2D eigenvalue weighted by Crippen LogP contribution is 2.17. The number of carbonyl (C=O) groups is 1. The third-order valence-corrected chi connectivity index (χ3v) is 3.16. The van der Waals surface area contributed by atoms with Crippen LogP contribution in [0.3, 0.4) is 0 Å². The Bertz CT molecular complexity index is 423. The largest absolute Gasteiger partial charge is 0.459 e. The molecular weight excluding hydrogens is 306 g/mol. The molecule has 0 spiro atoms. The molecule has 1 aromatic carbocycles. The molecule has 1 N–H and O–H groups in total. The Morgan fingerprint density at radius 1 is 1.21 bits per heavy atom. The van der Waals surface area contributed by atoms with Gasteiger partial charge in [0.25, 0.3) is 0 Å². The molecule has 0 radical (unpaired) electrons. The van der Waals surface area contributed by atoms with Crippen molar-refractivity contribution in [2.45, 2.75) is 52.3 Å². The van der Waals surface area contributed by atoms with Gasteiger partial charge in [-0.05, 0) is 52.3 Å². The third kappa shape index (κ3) is 5.74. The van der Waals surface area contributed by atoms with Gasteiger partial charge < -0.3 is 4.74 Å². The highest BCUT2D eigenvalue weighted by Gasteiger charge is 2.22. The van der Waals surface area contributed by atoms with Gasteiger partial charge in [0.05, 0.1) is 0 Å².